The molecule has 0 atom stereocenters. The second kappa shape index (κ2) is 5.19. The van der Waals surface area contributed by atoms with E-state index in [1.165, 1.54) is 0 Å². The molecule has 18 heavy (non-hydrogen) atoms. The Bertz CT molecular complexity index is 454. The highest BCUT2D eigenvalue weighted by Gasteiger charge is 2.23. The highest BCUT2D eigenvalue weighted by atomic mass is 35.5. The number of guanidine groups is 1. The lowest BCUT2D eigenvalue weighted by atomic mass is 9.93. The number of benzene rings is 1. The lowest BCUT2D eigenvalue weighted by molar-refractivity contribution is 0.338. The van der Waals surface area contributed by atoms with Crippen LogP contribution in [0.5, 0.6) is 0 Å². The molecule has 0 unspecified atom stereocenters. The van der Waals surface area contributed by atoms with Gasteiger partial charge in [-0.25, -0.2) is 0 Å². The summed E-state index contributed by atoms with van der Waals surface area (Å²) in [6, 6.07) is 7.93. The molecule has 2 rings (SSSR count). The maximum atomic E-state index is 6.17. The van der Waals surface area contributed by atoms with Gasteiger partial charge in [0.25, 0.3) is 0 Å². The summed E-state index contributed by atoms with van der Waals surface area (Å²) >= 11 is 6.17. The van der Waals surface area contributed by atoms with Crippen molar-refractivity contribution in [2.24, 2.45) is 10.4 Å². The summed E-state index contributed by atoms with van der Waals surface area (Å²) in [5, 5.41) is 4.19. The molecule has 0 fully saturated rings. The van der Waals surface area contributed by atoms with Gasteiger partial charge in [0.2, 0.25) is 0 Å². The minimum atomic E-state index is 0.245. The van der Waals surface area contributed by atoms with Gasteiger partial charge in [0, 0.05) is 37.1 Å². The Morgan fingerprint density at radius 2 is 2.11 bits per heavy atom. The predicted octanol–water partition coefficient (Wildman–Crippen LogP) is 2.76. The predicted molar refractivity (Wildman–Crippen MR) is 77.0 cm³/mol. The Labute approximate surface area is 114 Å². The van der Waals surface area contributed by atoms with Gasteiger partial charge in [-0.3, -0.25) is 4.99 Å². The van der Waals surface area contributed by atoms with Crippen LogP contribution in [0, 0.1) is 5.41 Å². The fourth-order valence-electron chi connectivity index (χ4n) is 1.93. The number of nitrogens with zero attached hydrogens (tertiary/aromatic N) is 2. The first-order valence-electron chi connectivity index (χ1n) is 6.21. The monoisotopic (exact) mass is 265 g/mol. The molecule has 4 heteroatoms. The third-order valence-corrected chi connectivity index (χ3v) is 3.48. The molecule has 0 saturated heterocycles. The van der Waals surface area contributed by atoms with E-state index in [1.54, 1.807) is 0 Å². The largest absolute Gasteiger partial charge is 0.356 e. The number of halogens is 1. The molecule has 0 saturated carbocycles. The maximum absolute atomic E-state index is 6.17. The standard InChI is InChI=1S/C14H20ClN3/c1-14(2)9-16-13(17-10-14)18(3)8-11-6-4-5-7-12(11)15/h4-7H,8-10H2,1-3H3,(H,16,17). The smallest absolute Gasteiger partial charge is 0.194 e. The van der Waals surface area contributed by atoms with Crippen molar-refractivity contribution in [2.75, 3.05) is 20.1 Å². The van der Waals surface area contributed by atoms with Crippen LogP contribution >= 0.6 is 11.6 Å². The van der Waals surface area contributed by atoms with Gasteiger partial charge in [0.05, 0.1) is 0 Å². The van der Waals surface area contributed by atoms with Crippen molar-refractivity contribution < 1.29 is 0 Å². The zero-order valence-electron chi connectivity index (χ0n) is 11.2. The fourth-order valence-corrected chi connectivity index (χ4v) is 2.13. The molecule has 0 aromatic heterocycles. The van der Waals surface area contributed by atoms with Crippen molar-refractivity contribution in [3.8, 4) is 0 Å². The van der Waals surface area contributed by atoms with E-state index in [2.05, 4.69) is 29.1 Å². The van der Waals surface area contributed by atoms with Crippen molar-refractivity contribution in [1.82, 2.24) is 10.2 Å². The Morgan fingerprint density at radius 3 is 2.72 bits per heavy atom. The van der Waals surface area contributed by atoms with Crippen LogP contribution in [0.15, 0.2) is 29.3 Å². The summed E-state index contributed by atoms with van der Waals surface area (Å²) in [6.45, 7) is 7.02. The zero-order chi connectivity index (χ0) is 13.2. The van der Waals surface area contributed by atoms with E-state index < -0.39 is 0 Å². The SMILES string of the molecule is CN(Cc1ccccc1Cl)C1=NCC(C)(C)CN1. The molecule has 0 spiro atoms. The molecule has 1 aromatic carbocycles. The summed E-state index contributed by atoms with van der Waals surface area (Å²) in [5.74, 6) is 0.953. The average molecular weight is 266 g/mol. The molecule has 1 aliphatic rings. The Hall–Kier alpha value is -1.22. The highest BCUT2D eigenvalue weighted by molar-refractivity contribution is 6.31. The van der Waals surface area contributed by atoms with E-state index in [1.807, 2.05) is 31.3 Å². The molecule has 0 bridgehead atoms. The highest BCUT2D eigenvalue weighted by Crippen LogP contribution is 2.19. The molecule has 1 aromatic rings. The normalized spacial score (nSPS) is 17.9. The average Bonchev–Trinajstić information content (AvgIpc) is 2.32. The van der Waals surface area contributed by atoms with Crippen molar-refractivity contribution in [2.45, 2.75) is 20.4 Å². The van der Waals surface area contributed by atoms with E-state index >= 15 is 0 Å². The van der Waals surface area contributed by atoms with Crippen molar-refractivity contribution in [1.29, 1.82) is 0 Å². The third kappa shape index (κ3) is 3.16. The van der Waals surface area contributed by atoms with E-state index in [0.717, 1.165) is 36.2 Å². The van der Waals surface area contributed by atoms with Gasteiger partial charge in [-0.2, -0.15) is 0 Å². The first-order valence-corrected chi connectivity index (χ1v) is 6.59. The number of rotatable bonds is 2. The molecule has 0 amide bonds. The Morgan fingerprint density at radius 1 is 1.39 bits per heavy atom. The molecular weight excluding hydrogens is 246 g/mol. The lowest BCUT2D eigenvalue weighted by Crippen LogP contribution is -2.47. The van der Waals surface area contributed by atoms with E-state index in [9.17, 15) is 0 Å². The molecule has 98 valence electrons. The van der Waals surface area contributed by atoms with Crippen LogP contribution in [-0.4, -0.2) is 31.0 Å². The zero-order valence-corrected chi connectivity index (χ0v) is 12.0. The van der Waals surface area contributed by atoms with Gasteiger partial charge in [-0.05, 0) is 11.6 Å². The molecule has 0 aliphatic carbocycles. The van der Waals surface area contributed by atoms with E-state index in [-0.39, 0.29) is 5.41 Å². The van der Waals surface area contributed by atoms with Crippen LogP contribution in [0.2, 0.25) is 5.02 Å². The minimum Gasteiger partial charge on any atom is -0.356 e. The topological polar surface area (TPSA) is 27.6 Å². The Balaban J connectivity index is 2.03. The summed E-state index contributed by atoms with van der Waals surface area (Å²) in [7, 11) is 2.04. The quantitative estimate of drug-likeness (QED) is 0.891. The first kappa shape index (κ1) is 13.2. The molecule has 0 radical (unpaired) electrons. The number of nitrogens with one attached hydrogen (secondary N) is 1. The van der Waals surface area contributed by atoms with Crippen molar-refractivity contribution in [3.05, 3.63) is 34.9 Å². The summed E-state index contributed by atoms with van der Waals surface area (Å²) < 4.78 is 0. The second-order valence-corrected chi connectivity index (χ2v) is 6.01. The third-order valence-electron chi connectivity index (χ3n) is 3.11. The van der Waals surface area contributed by atoms with E-state index in [4.69, 9.17) is 11.6 Å². The summed E-state index contributed by atoms with van der Waals surface area (Å²) in [5.41, 5.74) is 1.37. The van der Waals surface area contributed by atoms with Gasteiger partial charge >= 0.3 is 0 Å². The van der Waals surface area contributed by atoms with Gasteiger partial charge < -0.3 is 10.2 Å². The van der Waals surface area contributed by atoms with Crippen LogP contribution in [-0.2, 0) is 6.54 Å². The van der Waals surface area contributed by atoms with Gasteiger partial charge in [-0.1, -0.05) is 43.6 Å². The van der Waals surface area contributed by atoms with Gasteiger partial charge in [-0.15, -0.1) is 0 Å². The summed E-state index contributed by atoms with van der Waals surface area (Å²) in [6.07, 6.45) is 0. The van der Waals surface area contributed by atoms with Gasteiger partial charge in [0.15, 0.2) is 5.96 Å². The van der Waals surface area contributed by atoms with Gasteiger partial charge in [0.1, 0.15) is 0 Å². The molecule has 1 heterocycles. The lowest BCUT2D eigenvalue weighted by Gasteiger charge is -2.33. The maximum Gasteiger partial charge on any atom is 0.194 e. The first-order chi connectivity index (χ1) is 8.48. The number of hydrogen-bond acceptors (Lipinski definition) is 3. The second-order valence-electron chi connectivity index (χ2n) is 5.61. The number of aliphatic imine (C=N–C) groups is 1. The van der Waals surface area contributed by atoms with E-state index in [0.29, 0.717) is 0 Å². The molecule has 1 N–H and O–H groups in total. The molecule has 3 nitrogen and oxygen atoms in total. The fraction of sp³-hybridized carbons (Fsp3) is 0.500. The van der Waals surface area contributed by atoms with Crippen LogP contribution in [0.25, 0.3) is 0 Å². The van der Waals surface area contributed by atoms with Crippen LogP contribution < -0.4 is 5.32 Å². The van der Waals surface area contributed by atoms with Crippen molar-refractivity contribution >= 4 is 17.6 Å². The number of hydrogen-bond donors (Lipinski definition) is 1. The van der Waals surface area contributed by atoms with Crippen LogP contribution in [0.3, 0.4) is 0 Å². The minimum absolute atomic E-state index is 0.245. The summed E-state index contributed by atoms with van der Waals surface area (Å²) in [4.78, 5) is 6.70. The van der Waals surface area contributed by atoms with Crippen LogP contribution in [0.4, 0.5) is 0 Å². The molecular formula is C14H20ClN3. The molecule has 1 aliphatic heterocycles. The Kier molecular flexibility index (Phi) is 3.81. The van der Waals surface area contributed by atoms with Crippen LogP contribution in [0.1, 0.15) is 19.4 Å². The van der Waals surface area contributed by atoms with Crippen molar-refractivity contribution in [3.63, 3.8) is 0 Å².